The van der Waals surface area contributed by atoms with Gasteiger partial charge in [-0.25, -0.2) is 9.98 Å². The standard InChI is InChI=1S/C17H22N4O/c1-11-8-13(22-17(3,4)5)6-7-14(11)15-12(2)9-19-16(21-15)20-10-18/h6-10H,1-5H3,(H2,18,19,20,21). The highest BCUT2D eigenvalue weighted by Crippen LogP contribution is 2.28. The molecule has 22 heavy (non-hydrogen) atoms. The summed E-state index contributed by atoms with van der Waals surface area (Å²) in [4.78, 5) is 11.2. The van der Waals surface area contributed by atoms with Crippen LogP contribution in [0.4, 0.5) is 0 Å². The molecule has 0 bridgehead atoms. The van der Waals surface area contributed by atoms with E-state index in [4.69, 9.17) is 10.1 Å². The maximum atomic E-state index is 7.05. The van der Waals surface area contributed by atoms with Gasteiger partial charge < -0.3 is 9.72 Å². The first kappa shape index (κ1) is 15.9. The molecule has 0 amide bonds. The SMILES string of the molecule is Cc1cc(OC(C)(C)C)ccc1-c1[nH]/c(=N\C=N)ncc1C. The van der Waals surface area contributed by atoms with Gasteiger partial charge in [0.05, 0.1) is 5.69 Å². The Balaban J connectivity index is 2.48. The highest BCUT2D eigenvalue weighted by atomic mass is 16.5. The number of benzene rings is 1. The maximum absolute atomic E-state index is 7.05. The Kier molecular flexibility index (Phi) is 4.45. The van der Waals surface area contributed by atoms with Crippen molar-refractivity contribution >= 4 is 6.34 Å². The maximum Gasteiger partial charge on any atom is 0.228 e. The molecule has 0 spiro atoms. The van der Waals surface area contributed by atoms with Crippen LogP contribution < -0.4 is 10.4 Å². The van der Waals surface area contributed by atoms with E-state index in [1.54, 1.807) is 6.20 Å². The Bertz CT molecular complexity index is 754. The topological polar surface area (TPSA) is 74.1 Å². The summed E-state index contributed by atoms with van der Waals surface area (Å²) in [6, 6.07) is 6.03. The summed E-state index contributed by atoms with van der Waals surface area (Å²) in [5.74, 6) is 0.852. The van der Waals surface area contributed by atoms with Gasteiger partial charge in [0.2, 0.25) is 5.62 Å². The van der Waals surface area contributed by atoms with Gasteiger partial charge in [0, 0.05) is 11.8 Å². The van der Waals surface area contributed by atoms with Gasteiger partial charge >= 0.3 is 0 Å². The van der Waals surface area contributed by atoms with E-state index in [0.717, 1.165) is 34.5 Å². The van der Waals surface area contributed by atoms with Gasteiger partial charge in [0.15, 0.2) is 0 Å². The van der Waals surface area contributed by atoms with E-state index in [-0.39, 0.29) is 5.60 Å². The molecule has 2 rings (SSSR count). The Morgan fingerprint density at radius 1 is 1.23 bits per heavy atom. The summed E-state index contributed by atoms with van der Waals surface area (Å²) < 4.78 is 5.90. The van der Waals surface area contributed by atoms with E-state index < -0.39 is 0 Å². The molecule has 0 unspecified atom stereocenters. The number of ether oxygens (including phenoxy) is 1. The molecule has 5 heteroatoms. The van der Waals surface area contributed by atoms with E-state index in [1.165, 1.54) is 0 Å². The minimum absolute atomic E-state index is 0.220. The first-order valence-corrected chi connectivity index (χ1v) is 7.19. The van der Waals surface area contributed by atoms with Crippen LogP contribution in [-0.2, 0) is 0 Å². The minimum Gasteiger partial charge on any atom is -0.488 e. The van der Waals surface area contributed by atoms with Gasteiger partial charge in [-0.2, -0.15) is 0 Å². The molecule has 0 saturated carbocycles. The molecule has 0 fully saturated rings. The lowest BCUT2D eigenvalue weighted by Crippen LogP contribution is -2.23. The molecule has 2 N–H and O–H groups in total. The molecule has 0 saturated heterocycles. The molecule has 1 aromatic carbocycles. The fraction of sp³-hybridized carbons (Fsp3) is 0.353. The largest absolute Gasteiger partial charge is 0.488 e. The summed E-state index contributed by atoms with van der Waals surface area (Å²) in [5, 5.41) is 7.05. The van der Waals surface area contributed by atoms with E-state index in [1.807, 2.05) is 52.8 Å². The second-order valence-corrected chi connectivity index (χ2v) is 6.21. The van der Waals surface area contributed by atoms with Crippen molar-refractivity contribution in [2.24, 2.45) is 4.99 Å². The molecule has 0 aliphatic carbocycles. The number of nitrogens with one attached hydrogen (secondary N) is 2. The number of aryl methyl sites for hydroxylation is 2. The van der Waals surface area contributed by atoms with Gasteiger partial charge in [0.1, 0.15) is 17.7 Å². The zero-order chi connectivity index (χ0) is 16.3. The van der Waals surface area contributed by atoms with Crippen molar-refractivity contribution in [1.29, 1.82) is 5.41 Å². The van der Waals surface area contributed by atoms with Gasteiger partial charge in [-0.1, -0.05) is 0 Å². The molecule has 5 nitrogen and oxygen atoms in total. The average molecular weight is 298 g/mol. The molecule has 1 aromatic heterocycles. The summed E-state index contributed by atoms with van der Waals surface area (Å²) in [7, 11) is 0. The lowest BCUT2D eigenvalue weighted by Gasteiger charge is -2.22. The van der Waals surface area contributed by atoms with Crippen molar-refractivity contribution in [3.63, 3.8) is 0 Å². The van der Waals surface area contributed by atoms with Gasteiger partial charge in [0.25, 0.3) is 0 Å². The quantitative estimate of drug-likeness (QED) is 0.673. The molecular weight excluding hydrogens is 276 g/mol. The Morgan fingerprint density at radius 3 is 2.55 bits per heavy atom. The van der Waals surface area contributed by atoms with Crippen LogP contribution in [0.3, 0.4) is 0 Å². The molecular formula is C17H22N4O. The number of nitrogens with zero attached hydrogens (tertiary/aromatic N) is 2. The number of aromatic nitrogens is 2. The number of H-pyrrole nitrogens is 1. The smallest absolute Gasteiger partial charge is 0.228 e. The number of hydrogen-bond acceptors (Lipinski definition) is 3. The summed E-state index contributed by atoms with van der Waals surface area (Å²) in [5.41, 5.74) is 4.36. The fourth-order valence-corrected chi connectivity index (χ4v) is 2.21. The van der Waals surface area contributed by atoms with E-state index in [2.05, 4.69) is 15.0 Å². The lowest BCUT2D eigenvalue weighted by molar-refractivity contribution is 0.131. The number of aromatic amines is 1. The average Bonchev–Trinajstić information content (AvgIpc) is 2.40. The van der Waals surface area contributed by atoms with Crippen LogP contribution in [0, 0.1) is 19.3 Å². The van der Waals surface area contributed by atoms with Gasteiger partial charge in [-0.05, 0) is 63.9 Å². The summed E-state index contributed by atoms with van der Waals surface area (Å²) in [6.07, 6.45) is 2.73. The first-order chi connectivity index (χ1) is 10.3. The van der Waals surface area contributed by atoms with Crippen LogP contribution in [-0.4, -0.2) is 21.9 Å². The van der Waals surface area contributed by atoms with Crippen molar-refractivity contribution in [1.82, 2.24) is 9.97 Å². The van der Waals surface area contributed by atoms with E-state index in [0.29, 0.717) is 5.62 Å². The van der Waals surface area contributed by atoms with Crippen molar-refractivity contribution in [3.05, 3.63) is 41.1 Å². The third-order valence-electron chi connectivity index (χ3n) is 3.09. The van der Waals surface area contributed by atoms with Crippen molar-refractivity contribution in [3.8, 4) is 17.0 Å². The van der Waals surface area contributed by atoms with E-state index in [9.17, 15) is 0 Å². The Labute approximate surface area is 130 Å². The Hall–Kier alpha value is -2.43. The van der Waals surface area contributed by atoms with Crippen LogP contribution in [0.2, 0.25) is 0 Å². The van der Waals surface area contributed by atoms with Gasteiger partial charge in [-0.3, -0.25) is 5.41 Å². The van der Waals surface area contributed by atoms with Crippen molar-refractivity contribution < 1.29 is 4.74 Å². The van der Waals surface area contributed by atoms with Crippen LogP contribution in [0.5, 0.6) is 5.75 Å². The van der Waals surface area contributed by atoms with Crippen LogP contribution in [0.15, 0.2) is 29.4 Å². The summed E-state index contributed by atoms with van der Waals surface area (Å²) >= 11 is 0. The predicted molar refractivity (Wildman–Crippen MR) is 88.2 cm³/mol. The molecule has 0 radical (unpaired) electrons. The van der Waals surface area contributed by atoms with Crippen LogP contribution >= 0.6 is 0 Å². The predicted octanol–water partition coefficient (Wildman–Crippen LogP) is 3.38. The summed E-state index contributed by atoms with van der Waals surface area (Å²) in [6.45, 7) is 10.1. The van der Waals surface area contributed by atoms with E-state index >= 15 is 0 Å². The number of rotatable bonds is 3. The molecule has 0 aliphatic heterocycles. The second kappa shape index (κ2) is 6.13. The fourth-order valence-electron chi connectivity index (χ4n) is 2.21. The van der Waals surface area contributed by atoms with Crippen LogP contribution in [0.1, 0.15) is 31.9 Å². The first-order valence-electron chi connectivity index (χ1n) is 7.19. The normalized spacial score (nSPS) is 12.3. The monoisotopic (exact) mass is 298 g/mol. The highest BCUT2D eigenvalue weighted by molar-refractivity contribution is 5.67. The van der Waals surface area contributed by atoms with Crippen LogP contribution in [0.25, 0.3) is 11.3 Å². The minimum atomic E-state index is -0.220. The Morgan fingerprint density at radius 2 is 1.95 bits per heavy atom. The molecule has 2 aromatic rings. The zero-order valence-electron chi connectivity index (χ0n) is 13.7. The molecule has 0 aliphatic rings. The highest BCUT2D eigenvalue weighted by Gasteiger charge is 2.13. The molecule has 0 atom stereocenters. The van der Waals surface area contributed by atoms with Crippen molar-refractivity contribution in [2.75, 3.05) is 0 Å². The third-order valence-corrected chi connectivity index (χ3v) is 3.09. The molecule has 116 valence electrons. The lowest BCUT2D eigenvalue weighted by atomic mass is 10.0. The second-order valence-electron chi connectivity index (χ2n) is 6.21. The van der Waals surface area contributed by atoms with Crippen molar-refractivity contribution in [2.45, 2.75) is 40.2 Å². The van der Waals surface area contributed by atoms with Gasteiger partial charge in [-0.15, -0.1) is 0 Å². The third kappa shape index (κ3) is 3.81. The zero-order valence-corrected chi connectivity index (χ0v) is 13.7. The molecule has 1 heterocycles. The number of hydrogen-bond donors (Lipinski definition) is 2.